The minimum absolute atomic E-state index is 0.147. The van der Waals surface area contributed by atoms with Gasteiger partial charge in [0, 0.05) is 10.8 Å². The van der Waals surface area contributed by atoms with Crippen LogP contribution in [-0.2, 0) is 11.3 Å². The van der Waals surface area contributed by atoms with E-state index in [1.165, 1.54) is 6.42 Å². The molecule has 2 rings (SSSR count). The first-order chi connectivity index (χ1) is 9.56. The van der Waals surface area contributed by atoms with Crippen LogP contribution in [0.1, 0.15) is 32.6 Å². The minimum Gasteiger partial charge on any atom is -0.390 e. The van der Waals surface area contributed by atoms with Crippen molar-refractivity contribution in [3.8, 4) is 0 Å². The Bertz CT molecular complexity index is 538. The Morgan fingerprint density at radius 2 is 2.45 bits per heavy atom. The zero-order chi connectivity index (χ0) is 14.5. The van der Waals surface area contributed by atoms with Gasteiger partial charge in [0.2, 0.25) is 6.33 Å². The smallest absolute Gasteiger partial charge is 0.390 e. The third-order valence-electron chi connectivity index (χ3n) is 3.21. The summed E-state index contributed by atoms with van der Waals surface area (Å²) in [6.07, 6.45) is 5.42. The lowest BCUT2D eigenvalue weighted by molar-refractivity contribution is -0.394. The lowest BCUT2D eigenvalue weighted by Crippen LogP contribution is -2.27. The second kappa shape index (κ2) is 6.22. The number of hydrogen-bond acceptors (Lipinski definition) is 6. The third-order valence-corrected chi connectivity index (χ3v) is 3.21. The van der Waals surface area contributed by atoms with E-state index in [0.29, 0.717) is 5.92 Å². The Kier molecular flexibility index (Phi) is 4.38. The number of carbonyl (C=O) groups excluding carboxylic acids is 1. The molecule has 9 heteroatoms. The number of hydrazone groups is 1. The molecule has 1 aliphatic carbocycles. The molecule has 9 nitrogen and oxygen atoms in total. The van der Waals surface area contributed by atoms with Crippen LogP contribution in [0.25, 0.3) is 0 Å². The second-order valence-corrected chi connectivity index (χ2v) is 4.78. The van der Waals surface area contributed by atoms with Crippen molar-refractivity contribution in [1.82, 2.24) is 20.2 Å². The fourth-order valence-corrected chi connectivity index (χ4v) is 2.10. The summed E-state index contributed by atoms with van der Waals surface area (Å²) in [5, 5.41) is 18.1. The molecule has 1 fully saturated rings. The molecule has 108 valence electrons. The first-order valence-corrected chi connectivity index (χ1v) is 6.45. The van der Waals surface area contributed by atoms with Gasteiger partial charge in [0.25, 0.3) is 5.91 Å². The van der Waals surface area contributed by atoms with E-state index >= 15 is 0 Å². The van der Waals surface area contributed by atoms with Crippen LogP contribution in [-0.4, -0.2) is 31.3 Å². The molecule has 0 radical (unpaired) electrons. The van der Waals surface area contributed by atoms with Gasteiger partial charge in [-0.15, -0.1) is 0 Å². The van der Waals surface area contributed by atoms with E-state index in [1.54, 1.807) is 0 Å². The molecule has 1 atom stereocenters. The van der Waals surface area contributed by atoms with Crippen molar-refractivity contribution in [2.24, 2.45) is 11.0 Å². The summed E-state index contributed by atoms with van der Waals surface area (Å²) in [6.45, 7) is 1.94. The third kappa shape index (κ3) is 3.59. The lowest BCUT2D eigenvalue weighted by atomic mass is 9.89. The van der Waals surface area contributed by atoms with Crippen LogP contribution in [0.5, 0.6) is 0 Å². The van der Waals surface area contributed by atoms with Crippen LogP contribution in [0.15, 0.2) is 11.4 Å². The normalized spacial score (nSPS) is 20.9. The van der Waals surface area contributed by atoms with Crippen LogP contribution >= 0.6 is 0 Å². The number of carbonyl (C=O) groups is 1. The highest BCUT2D eigenvalue weighted by Gasteiger charge is 2.17. The van der Waals surface area contributed by atoms with E-state index in [9.17, 15) is 14.9 Å². The molecule has 0 spiro atoms. The number of rotatable bonds is 4. The van der Waals surface area contributed by atoms with Crippen LogP contribution in [0.4, 0.5) is 5.95 Å². The summed E-state index contributed by atoms with van der Waals surface area (Å²) >= 11 is 0. The maximum absolute atomic E-state index is 11.7. The topological polar surface area (TPSA) is 115 Å². The van der Waals surface area contributed by atoms with E-state index < -0.39 is 10.9 Å². The first-order valence-electron chi connectivity index (χ1n) is 6.45. The zero-order valence-corrected chi connectivity index (χ0v) is 11.2. The number of amides is 1. The van der Waals surface area contributed by atoms with Crippen molar-refractivity contribution in [3.63, 3.8) is 0 Å². The van der Waals surface area contributed by atoms with E-state index in [1.807, 2.05) is 0 Å². The highest BCUT2D eigenvalue weighted by molar-refractivity contribution is 5.88. The molecule has 0 bridgehead atoms. The summed E-state index contributed by atoms with van der Waals surface area (Å²) in [5.41, 5.74) is 3.45. The van der Waals surface area contributed by atoms with Crippen molar-refractivity contribution in [2.75, 3.05) is 0 Å². The molecule has 1 N–H and O–H groups in total. The van der Waals surface area contributed by atoms with Crippen molar-refractivity contribution >= 4 is 17.6 Å². The molecule has 1 unspecified atom stereocenters. The standard InChI is InChI=1S/C11H16N6O3/c1-8-4-2-3-5-9(8)13-14-10(18)6-16-7-12-11(15-16)17(19)20/h7-8H,2-6H2,1H3,(H,14,18)/b13-9+. The SMILES string of the molecule is CC1CCCC/C1=N\NC(=O)Cn1cnc([N+](=O)[O-])n1. The predicted molar refractivity (Wildman–Crippen MR) is 69.9 cm³/mol. The van der Waals surface area contributed by atoms with Gasteiger partial charge in [-0.25, -0.2) is 5.43 Å². The monoisotopic (exact) mass is 280 g/mol. The molecule has 1 heterocycles. The lowest BCUT2D eigenvalue weighted by Gasteiger charge is -2.19. The van der Waals surface area contributed by atoms with Gasteiger partial charge < -0.3 is 10.1 Å². The maximum Gasteiger partial charge on any atom is 0.490 e. The predicted octanol–water partition coefficient (Wildman–Crippen LogP) is 0.869. The molecule has 1 aromatic heterocycles. The van der Waals surface area contributed by atoms with Crippen molar-refractivity contribution < 1.29 is 9.72 Å². The zero-order valence-electron chi connectivity index (χ0n) is 11.2. The molecular weight excluding hydrogens is 264 g/mol. The van der Waals surface area contributed by atoms with Crippen LogP contribution < -0.4 is 5.43 Å². The van der Waals surface area contributed by atoms with Crippen molar-refractivity contribution in [1.29, 1.82) is 0 Å². The first kappa shape index (κ1) is 14.1. The Balaban J connectivity index is 1.88. The van der Waals surface area contributed by atoms with Gasteiger partial charge in [-0.1, -0.05) is 18.3 Å². The highest BCUT2D eigenvalue weighted by Crippen LogP contribution is 2.20. The summed E-state index contributed by atoms with van der Waals surface area (Å²) in [7, 11) is 0. The Labute approximate surface area is 115 Å². The van der Waals surface area contributed by atoms with Gasteiger partial charge in [0.15, 0.2) is 0 Å². The summed E-state index contributed by atoms with van der Waals surface area (Å²) < 4.78 is 1.11. The average Bonchev–Trinajstić information content (AvgIpc) is 2.86. The van der Waals surface area contributed by atoms with E-state index in [4.69, 9.17) is 0 Å². The Morgan fingerprint density at radius 3 is 3.10 bits per heavy atom. The van der Waals surface area contributed by atoms with E-state index in [2.05, 4.69) is 27.5 Å². The number of nitrogens with one attached hydrogen (secondary N) is 1. The van der Waals surface area contributed by atoms with Gasteiger partial charge in [-0.2, -0.15) is 9.78 Å². The van der Waals surface area contributed by atoms with Crippen LogP contribution in [0.3, 0.4) is 0 Å². The fourth-order valence-electron chi connectivity index (χ4n) is 2.10. The van der Waals surface area contributed by atoms with Gasteiger partial charge >= 0.3 is 5.95 Å². The van der Waals surface area contributed by atoms with E-state index in [0.717, 1.165) is 36.0 Å². The molecule has 0 aromatic carbocycles. The second-order valence-electron chi connectivity index (χ2n) is 4.78. The molecule has 1 aromatic rings. The molecular formula is C11H16N6O3. The van der Waals surface area contributed by atoms with Gasteiger partial charge in [0.1, 0.15) is 6.54 Å². The summed E-state index contributed by atoms with van der Waals surface area (Å²) in [6, 6.07) is 0. The molecule has 0 aliphatic heterocycles. The van der Waals surface area contributed by atoms with Crippen LogP contribution in [0, 0.1) is 16.0 Å². The van der Waals surface area contributed by atoms with Gasteiger partial charge in [-0.3, -0.25) is 4.79 Å². The maximum atomic E-state index is 11.7. The van der Waals surface area contributed by atoms with Gasteiger partial charge in [0.05, 0.1) is 0 Å². The quantitative estimate of drug-likeness (QED) is 0.649. The van der Waals surface area contributed by atoms with Gasteiger partial charge in [-0.05, 0) is 30.1 Å². The number of nitrogens with zero attached hydrogens (tertiary/aromatic N) is 5. The largest absolute Gasteiger partial charge is 0.490 e. The molecule has 1 saturated carbocycles. The Morgan fingerprint density at radius 1 is 1.65 bits per heavy atom. The molecule has 1 amide bonds. The number of aromatic nitrogens is 3. The summed E-state index contributed by atoms with van der Waals surface area (Å²) in [4.78, 5) is 24.8. The number of nitro groups is 1. The summed E-state index contributed by atoms with van der Waals surface area (Å²) in [5.74, 6) is -0.517. The minimum atomic E-state index is -0.710. The van der Waals surface area contributed by atoms with Crippen molar-refractivity contribution in [3.05, 3.63) is 16.4 Å². The molecule has 20 heavy (non-hydrogen) atoms. The van der Waals surface area contributed by atoms with E-state index in [-0.39, 0.29) is 12.5 Å². The Hall–Kier alpha value is -2.32. The van der Waals surface area contributed by atoms with Crippen LogP contribution in [0.2, 0.25) is 0 Å². The fraction of sp³-hybridized carbons (Fsp3) is 0.636. The molecule has 1 aliphatic rings. The van der Waals surface area contributed by atoms with Crippen molar-refractivity contribution in [2.45, 2.75) is 39.2 Å². The highest BCUT2D eigenvalue weighted by atomic mass is 16.6. The number of hydrogen-bond donors (Lipinski definition) is 1. The average molecular weight is 280 g/mol. The molecule has 0 saturated heterocycles.